The van der Waals surface area contributed by atoms with E-state index >= 15 is 0 Å². The molecule has 2 amide bonds. The first-order valence-corrected chi connectivity index (χ1v) is 8.24. The molecule has 1 heterocycles. The van der Waals surface area contributed by atoms with E-state index in [-0.39, 0.29) is 6.79 Å². The third-order valence-electron chi connectivity index (χ3n) is 3.43. The number of hydrogen-bond donors (Lipinski definition) is 2. The maximum absolute atomic E-state index is 12.1. The third kappa shape index (κ3) is 4.21. The molecule has 2 aromatic carbocycles. The minimum Gasteiger partial charge on any atom is -0.481 e. The minimum atomic E-state index is -0.779. The van der Waals surface area contributed by atoms with Gasteiger partial charge >= 0.3 is 0 Å². The van der Waals surface area contributed by atoms with Crippen LogP contribution < -0.4 is 25.1 Å². The molecule has 25 heavy (non-hydrogen) atoms. The largest absolute Gasteiger partial charge is 0.481 e. The lowest BCUT2D eigenvalue weighted by Crippen LogP contribution is -2.47. The number of benzene rings is 2. The predicted molar refractivity (Wildman–Crippen MR) is 92.4 cm³/mol. The Bertz CT molecular complexity index is 794. The van der Waals surface area contributed by atoms with Crippen LogP contribution in [-0.2, 0) is 4.79 Å². The highest BCUT2D eigenvalue weighted by atomic mass is 79.9. The highest BCUT2D eigenvalue weighted by molar-refractivity contribution is 9.10. The molecule has 0 radical (unpaired) electrons. The summed E-state index contributed by atoms with van der Waals surface area (Å²) in [6.45, 7) is 1.71. The summed E-state index contributed by atoms with van der Waals surface area (Å²) >= 11 is 3.32. The molecule has 0 saturated heterocycles. The predicted octanol–water partition coefficient (Wildman–Crippen LogP) is 2.41. The summed E-state index contributed by atoms with van der Waals surface area (Å²) in [5.74, 6) is 0.676. The number of hydrazine groups is 1. The van der Waals surface area contributed by atoms with Crippen molar-refractivity contribution in [3.8, 4) is 17.2 Å². The van der Waals surface area contributed by atoms with E-state index in [1.807, 2.05) is 0 Å². The first-order chi connectivity index (χ1) is 12.0. The smallest absolute Gasteiger partial charge is 0.279 e. The van der Waals surface area contributed by atoms with Gasteiger partial charge in [-0.05, 0) is 49.4 Å². The van der Waals surface area contributed by atoms with Gasteiger partial charge in [0.1, 0.15) is 5.75 Å². The Morgan fingerprint density at radius 3 is 2.56 bits per heavy atom. The lowest BCUT2D eigenvalue weighted by Gasteiger charge is -2.15. The van der Waals surface area contributed by atoms with Gasteiger partial charge in [0, 0.05) is 10.0 Å². The number of fused-ring (bicyclic) bond motifs is 1. The average Bonchev–Trinajstić information content (AvgIpc) is 3.08. The molecule has 0 aromatic heterocycles. The molecule has 0 unspecified atom stereocenters. The summed E-state index contributed by atoms with van der Waals surface area (Å²) in [7, 11) is 0. The van der Waals surface area contributed by atoms with Gasteiger partial charge in [0.25, 0.3) is 11.8 Å². The summed E-state index contributed by atoms with van der Waals surface area (Å²) in [6, 6.07) is 11.8. The van der Waals surface area contributed by atoms with Crippen LogP contribution in [0.15, 0.2) is 46.9 Å². The fourth-order valence-corrected chi connectivity index (χ4v) is 2.37. The van der Waals surface area contributed by atoms with Gasteiger partial charge in [0.05, 0.1) is 0 Å². The fourth-order valence-electron chi connectivity index (χ4n) is 2.10. The maximum atomic E-state index is 12.1. The summed E-state index contributed by atoms with van der Waals surface area (Å²) in [5, 5.41) is 0. The molecule has 3 rings (SSSR count). The van der Waals surface area contributed by atoms with E-state index in [9.17, 15) is 9.59 Å². The van der Waals surface area contributed by atoms with E-state index in [0.29, 0.717) is 22.8 Å². The normalized spacial score (nSPS) is 13.0. The van der Waals surface area contributed by atoms with E-state index in [1.165, 1.54) is 0 Å². The van der Waals surface area contributed by atoms with Crippen LogP contribution in [0.25, 0.3) is 0 Å². The van der Waals surface area contributed by atoms with E-state index in [4.69, 9.17) is 14.2 Å². The topological polar surface area (TPSA) is 85.9 Å². The fraction of sp³-hybridized carbons (Fsp3) is 0.176. The molecule has 8 heteroatoms. The van der Waals surface area contributed by atoms with Crippen molar-refractivity contribution >= 4 is 27.7 Å². The SMILES string of the molecule is C[C@H](Oc1ccc(Br)cc1)C(=O)NNC(=O)c1ccc2c(c1)OCO2. The van der Waals surface area contributed by atoms with Crippen LogP contribution in [0.5, 0.6) is 17.2 Å². The second-order valence-electron chi connectivity index (χ2n) is 5.23. The molecule has 0 spiro atoms. The van der Waals surface area contributed by atoms with Crippen molar-refractivity contribution < 1.29 is 23.8 Å². The van der Waals surface area contributed by atoms with Gasteiger partial charge < -0.3 is 14.2 Å². The summed E-state index contributed by atoms with van der Waals surface area (Å²) in [4.78, 5) is 24.1. The zero-order valence-electron chi connectivity index (χ0n) is 13.2. The molecule has 130 valence electrons. The second-order valence-corrected chi connectivity index (χ2v) is 6.14. The molecule has 1 aliphatic rings. The van der Waals surface area contributed by atoms with Gasteiger partial charge in [-0.15, -0.1) is 0 Å². The van der Waals surface area contributed by atoms with Crippen LogP contribution in [0.3, 0.4) is 0 Å². The lowest BCUT2D eigenvalue weighted by molar-refractivity contribution is -0.128. The summed E-state index contributed by atoms with van der Waals surface area (Å²) in [6.07, 6.45) is -0.779. The Labute approximate surface area is 152 Å². The van der Waals surface area contributed by atoms with Crippen LogP contribution in [0.4, 0.5) is 0 Å². The molecule has 0 saturated carbocycles. The molecule has 0 aliphatic carbocycles. The first kappa shape index (κ1) is 17.1. The van der Waals surface area contributed by atoms with Crippen LogP contribution in [0.1, 0.15) is 17.3 Å². The Hall–Kier alpha value is -2.74. The molecule has 2 N–H and O–H groups in total. The Kier molecular flexibility index (Phi) is 5.08. The standard InChI is InChI=1S/C17H15BrN2O5/c1-10(25-13-5-3-12(18)4-6-13)16(21)19-20-17(22)11-2-7-14-15(8-11)24-9-23-14/h2-8,10H,9H2,1H3,(H,19,21)(H,20,22)/t10-/m0/s1. The van der Waals surface area contributed by atoms with E-state index in [2.05, 4.69) is 26.8 Å². The van der Waals surface area contributed by atoms with Crippen LogP contribution >= 0.6 is 15.9 Å². The van der Waals surface area contributed by atoms with Crippen LogP contribution in [-0.4, -0.2) is 24.7 Å². The van der Waals surface area contributed by atoms with Crippen molar-refractivity contribution in [2.75, 3.05) is 6.79 Å². The molecule has 2 aromatic rings. The third-order valence-corrected chi connectivity index (χ3v) is 3.96. The number of rotatable bonds is 4. The number of amides is 2. The first-order valence-electron chi connectivity index (χ1n) is 7.45. The molecule has 0 fully saturated rings. The van der Waals surface area contributed by atoms with Crippen molar-refractivity contribution in [2.24, 2.45) is 0 Å². The quantitative estimate of drug-likeness (QED) is 0.761. The highest BCUT2D eigenvalue weighted by Gasteiger charge is 2.18. The van der Waals surface area contributed by atoms with Gasteiger partial charge in [-0.2, -0.15) is 0 Å². The van der Waals surface area contributed by atoms with E-state index in [1.54, 1.807) is 49.4 Å². The Morgan fingerprint density at radius 1 is 1.08 bits per heavy atom. The molecule has 7 nitrogen and oxygen atoms in total. The Morgan fingerprint density at radius 2 is 1.80 bits per heavy atom. The van der Waals surface area contributed by atoms with Gasteiger partial charge in [0.2, 0.25) is 6.79 Å². The molecule has 1 atom stereocenters. The van der Waals surface area contributed by atoms with Crippen molar-refractivity contribution in [1.29, 1.82) is 0 Å². The van der Waals surface area contributed by atoms with Gasteiger partial charge in [0.15, 0.2) is 17.6 Å². The van der Waals surface area contributed by atoms with Gasteiger partial charge in [-0.25, -0.2) is 0 Å². The Balaban J connectivity index is 1.52. The molecule has 1 aliphatic heterocycles. The van der Waals surface area contributed by atoms with Crippen LogP contribution in [0.2, 0.25) is 0 Å². The molecule has 0 bridgehead atoms. The highest BCUT2D eigenvalue weighted by Crippen LogP contribution is 2.32. The van der Waals surface area contributed by atoms with Gasteiger partial charge in [-0.1, -0.05) is 15.9 Å². The number of hydrogen-bond acceptors (Lipinski definition) is 5. The zero-order chi connectivity index (χ0) is 17.8. The zero-order valence-corrected chi connectivity index (χ0v) is 14.8. The number of ether oxygens (including phenoxy) is 3. The van der Waals surface area contributed by atoms with E-state index < -0.39 is 17.9 Å². The molecular weight excluding hydrogens is 392 g/mol. The van der Waals surface area contributed by atoms with Crippen LogP contribution in [0, 0.1) is 0 Å². The number of carbonyl (C=O) groups excluding carboxylic acids is 2. The lowest BCUT2D eigenvalue weighted by atomic mass is 10.2. The maximum Gasteiger partial charge on any atom is 0.279 e. The van der Waals surface area contributed by atoms with Crippen molar-refractivity contribution in [3.63, 3.8) is 0 Å². The van der Waals surface area contributed by atoms with Crippen molar-refractivity contribution in [1.82, 2.24) is 10.9 Å². The number of carbonyl (C=O) groups is 2. The second kappa shape index (κ2) is 7.43. The summed E-state index contributed by atoms with van der Waals surface area (Å²) in [5.41, 5.74) is 5.02. The molecular formula is C17H15BrN2O5. The van der Waals surface area contributed by atoms with Crippen molar-refractivity contribution in [2.45, 2.75) is 13.0 Å². The average molecular weight is 407 g/mol. The number of nitrogens with one attached hydrogen (secondary N) is 2. The number of halogens is 1. The van der Waals surface area contributed by atoms with Gasteiger partial charge in [-0.3, -0.25) is 20.4 Å². The minimum absolute atomic E-state index is 0.127. The monoisotopic (exact) mass is 406 g/mol. The van der Waals surface area contributed by atoms with E-state index in [0.717, 1.165) is 4.47 Å². The summed E-state index contributed by atoms with van der Waals surface area (Å²) < 4.78 is 16.8. The van der Waals surface area contributed by atoms with Crippen molar-refractivity contribution in [3.05, 3.63) is 52.5 Å².